The Morgan fingerprint density at radius 3 is 2.31 bits per heavy atom. The Morgan fingerprint density at radius 2 is 1.85 bits per heavy atom. The zero-order valence-corrected chi connectivity index (χ0v) is 9.58. The van der Waals surface area contributed by atoms with E-state index in [0.717, 1.165) is 10.6 Å². The van der Waals surface area contributed by atoms with Crippen molar-refractivity contribution in [3.05, 3.63) is 39.7 Å². The first-order chi connectivity index (χ1) is 6.02. The molecule has 0 saturated carbocycles. The van der Waals surface area contributed by atoms with Gasteiger partial charge in [0.2, 0.25) is 0 Å². The van der Waals surface area contributed by atoms with Gasteiger partial charge >= 0.3 is 0 Å². The summed E-state index contributed by atoms with van der Waals surface area (Å²) >= 11 is 11.9. The molecule has 0 saturated heterocycles. The van der Waals surface area contributed by atoms with Crippen molar-refractivity contribution in [2.24, 2.45) is 5.92 Å². The average Bonchev–Trinajstić information content (AvgIpc) is 2.03. The van der Waals surface area contributed by atoms with Crippen molar-refractivity contribution in [1.29, 1.82) is 0 Å². The van der Waals surface area contributed by atoms with Crippen LogP contribution in [0.2, 0.25) is 10.0 Å². The minimum absolute atomic E-state index is 0.513. The molecule has 1 aromatic rings. The lowest BCUT2D eigenvalue weighted by Crippen LogP contribution is -2.03. The molecule has 0 fully saturated rings. The molecule has 0 N–H and O–H groups in total. The number of benzene rings is 1. The van der Waals surface area contributed by atoms with Gasteiger partial charge < -0.3 is 0 Å². The fraction of sp³-hybridized carbons (Fsp3) is 0.364. The highest BCUT2D eigenvalue weighted by atomic mass is 35.5. The predicted octanol–water partition coefficient (Wildman–Crippen LogP) is 4.59. The number of hydrogen-bond donors (Lipinski definition) is 0. The highest BCUT2D eigenvalue weighted by molar-refractivity contribution is 6.35. The van der Waals surface area contributed by atoms with Gasteiger partial charge in [0.15, 0.2) is 0 Å². The van der Waals surface area contributed by atoms with E-state index in [-0.39, 0.29) is 0 Å². The van der Waals surface area contributed by atoms with Crippen LogP contribution in [0.1, 0.15) is 26.3 Å². The smallest absolute Gasteiger partial charge is 0.0458 e. The summed E-state index contributed by atoms with van der Waals surface area (Å²) in [6.07, 6.45) is 0. The normalized spacial score (nSPS) is 11.3. The Labute approximate surface area is 89.9 Å². The van der Waals surface area contributed by atoms with Gasteiger partial charge in [0.1, 0.15) is 0 Å². The van der Waals surface area contributed by atoms with Gasteiger partial charge in [-0.15, -0.1) is 0 Å². The lowest BCUT2D eigenvalue weighted by Gasteiger charge is -2.16. The number of hydrogen-bond acceptors (Lipinski definition) is 0. The first-order valence-electron chi connectivity index (χ1n) is 4.31. The molecule has 1 aromatic carbocycles. The van der Waals surface area contributed by atoms with E-state index >= 15 is 0 Å². The number of rotatable bonds is 2. The molecule has 0 spiro atoms. The molecule has 0 atom stereocenters. The van der Waals surface area contributed by atoms with Gasteiger partial charge in [0.05, 0.1) is 0 Å². The van der Waals surface area contributed by atoms with Crippen LogP contribution in [0.4, 0.5) is 0 Å². The van der Waals surface area contributed by atoms with Crippen molar-refractivity contribution in [3.63, 3.8) is 0 Å². The molecule has 0 aliphatic heterocycles. The van der Waals surface area contributed by atoms with Gasteiger partial charge in [-0.05, 0) is 23.6 Å². The highest BCUT2D eigenvalue weighted by Gasteiger charge is 2.13. The van der Waals surface area contributed by atoms with Gasteiger partial charge in [-0.1, -0.05) is 50.0 Å². The van der Waals surface area contributed by atoms with Crippen LogP contribution in [0, 0.1) is 11.8 Å². The van der Waals surface area contributed by atoms with E-state index in [4.69, 9.17) is 23.2 Å². The second-order valence-electron chi connectivity index (χ2n) is 3.46. The summed E-state index contributed by atoms with van der Waals surface area (Å²) in [4.78, 5) is 0. The molecule has 0 bridgehead atoms. The van der Waals surface area contributed by atoms with Gasteiger partial charge in [-0.25, -0.2) is 0 Å². The van der Waals surface area contributed by atoms with Crippen LogP contribution in [0.5, 0.6) is 0 Å². The number of halogens is 2. The maximum absolute atomic E-state index is 6.06. The highest BCUT2D eigenvalue weighted by Crippen LogP contribution is 2.30. The maximum atomic E-state index is 6.06. The third kappa shape index (κ3) is 2.62. The van der Waals surface area contributed by atoms with Gasteiger partial charge in [0.25, 0.3) is 0 Å². The van der Waals surface area contributed by atoms with Gasteiger partial charge in [-0.2, -0.15) is 0 Å². The van der Waals surface area contributed by atoms with Crippen molar-refractivity contribution in [1.82, 2.24) is 0 Å². The van der Waals surface area contributed by atoms with Crippen molar-refractivity contribution in [2.75, 3.05) is 0 Å². The van der Waals surface area contributed by atoms with E-state index in [2.05, 4.69) is 20.8 Å². The molecular formula is C11H13Cl2. The monoisotopic (exact) mass is 215 g/mol. The first kappa shape index (κ1) is 10.9. The second-order valence-corrected chi connectivity index (χ2v) is 4.31. The Kier molecular flexibility index (Phi) is 3.63. The van der Waals surface area contributed by atoms with Crippen molar-refractivity contribution < 1.29 is 0 Å². The van der Waals surface area contributed by atoms with E-state index < -0.39 is 0 Å². The summed E-state index contributed by atoms with van der Waals surface area (Å²) in [7, 11) is 0. The molecule has 0 amide bonds. The maximum Gasteiger partial charge on any atom is 0.0458 e. The lowest BCUT2D eigenvalue weighted by atomic mass is 9.90. The lowest BCUT2D eigenvalue weighted by molar-refractivity contribution is 0.690. The summed E-state index contributed by atoms with van der Waals surface area (Å²) in [6.45, 7) is 6.40. The zero-order chi connectivity index (χ0) is 10.0. The summed E-state index contributed by atoms with van der Waals surface area (Å²) < 4.78 is 0. The molecule has 0 heterocycles. The molecular weight excluding hydrogens is 203 g/mol. The third-order valence-electron chi connectivity index (χ3n) is 2.22. The van der Waals surface area contributed by atoms with E-state index in [1.54, 1.807) is 6.07 Å². The zero-order valence-electron chi connectivity index (χ0n) is 8.07. The standard InChI is InChI=1S/C11H13Cl2/c1-7(2)8(3)10-5-4-9(12)6-11(10)13/h4-7H,1-3H3. The van der Waals surface area contributed by atoms with Crippen LogP contribution in [-0.4, -0.2) is 0 Å². The van der Waals surface area contributed by atoms with Crippen LogP contribution < -0.4 is 0 Å². The SMILES string of the molecule is C[C](c1ccc(Cl)cc1Cl)C(C)C. The summed E-state index contributed by atoms with van der Waals surface area (Å²) in [5.74, 6) is 1.81. The average molecular weight is 216 g/mol. The van der Waals surface area contributed by atoms with Crippen LogP contribution in [0.3, 0.4) is 0 Å². The van der Waals surface area contributed by atoms with Crippen molar-refractivity contribution in [3.8, 4) is 0 Å². The van der Waals surface area contributed by atoms with Crippen molar-refractivity contribution in [2.45, 2.75) is 20.8 Å². The molecule has 0 aliphatic rings. The molecule has 2 heteroatoms. The Morgan fingerprint density at radius 1 is 1.23 bits per heavy atom. The molecule has 1 rings (SSSR count). The minimum atomic E-state index is 0.513. The van der Waals surface area contributed by atoms with Crippen LogP contribution in [0.25, 0.3) is 0 Å². The van der Waals surface area contributed by atoms with E-state index in [9.17, 15) is 0 Å². The molecule has 1 radical (unpaired) electrons. The van der Waals surface area contributed by atoms with E-state index in [0.29, 0.717) is 10.9 Å². The molecule has 0 unspecified atom stereocenters. The Hall–Kier alpha value is -0.200. The van der Waals surface area contributed by atoms with E-state index in [1.807, 2.05) is 12.1 Å². The fourth-order valence-electron chi connectivity index (χ4n) is 1.12. The molecule has 0 aromatic heterocycles. The molecule has 0 aliphatic carbocycles. The third-order valence-corrected chi connectivity index (χ3v) is 2.77. The topological polar surface area (TPSA) is 0 Å². The largest absolute Gasteiger partial charge is 0.0843 e. The summed E-state index contributed by atoms with van der Waals surface area (Å²) in [6, 6.07) is 5.62. The molecule has 71 valence electrons. The Bertz CT molecular complexity index is 292. The molecule has 13 heavy (non-hydrogen) atoms. The first-order valence-corrected chi connectivity index (χ1v) is 5.07. The Balaban J connectivity index is 3.01. The van der Waals surface area contributed by atoms with Crippen LogP contribution in [0.15, 0.2) is 18.2 Å². The van der Waals surface area contributed by atoms with Crippen LogP contribution >= 0.6 is 23.2 Å². The van der Waals surface area contributed by atoms with Gasteiger partial charge in [0, 0.05) is 16.0 Å². The quantitative estimate of drug-likeness (QED) is 0.678. The van der Waals surface area contributed by atoms with Crippen LogP contribution in [-0.2, 0) is 0 Å². The minimum Gasteiger partial charge on any atom is -0.0843 e. The fourth-order valence-corrected chi connectivity index (χ4v) is 1.68. The second kappa shape index (κ2) is 4.34. The summed E-state index contributed by atoms with van der Waals surface area (Å²) in [5, 5.41) is 1.42. The summed E-state index contributed by atoms with van der Waals surface area (Å²) in [5.41, 5.74) is 1.10. The van der Waals surface area contributed by atoms with E-state index in [1.165, 1.54) is 5.92 Å². The molecule has 0 nitrogen and oxygen atoms in total. The van der Waals surface area contributed by atoms with Crippen molar-refractivity contribution >= 4 is 23.2 Å². The van der Waals surface area contributed by atoms with Gasteiger partial charge in [-0.3, -0.25) is 0 Å². The predicted molar refractivity (Wildman–Crippen MR) is 59.3 cm³/mol.